The zero-order valence-corrected chi connectivity index (χ0v) is 13.5. The second-order valence-corrected chi connectivity index (χ2v) is 6.02. The normalized spacial score (nSPS) is 10.6. The van der Waals surface area contributed by atoms with Gasteiger partial charge in [0.1, 0.15) is 17.1 Å². The lowest BCUT2D eigenvalue weighted by Crippen LogP contribution is -2.00. The Hall–Kier alpha value is -1.40. The molecular weight excluding hydrogens is 342 g/mol. The van der Waals surface area contributed by atoms with E-state index in [1.165, 1.54) is 7.11 Å². The molecule has 106 valence electrons. The first-order valence-corrected chi connectivity index (χ1v) is 7.64. The SMILES string of the molecule is COC(=O)c1cc(CSc2ccc(N)cc2Br)oc1C. The number of carbonyl (C=O) groups excluding carboxylic acids is 1. The average molecular weight is 356 g/mol. The number of thioether (sulfide) groups is 1. The molecule has 0 aliphatic rings. The van der Waals surface area contributed by atoms with Crippen LogP contribution in [0.1, 0.15) is 21.9 Å². The topological polar surface area (TPSA) is 65.5 Å². The Balaban J connectivity index is 2.09. The zero-order chi connectivity index (χ0) is 14.7. The molecule has 0 amide bonds. The molecule has 0 saturated carbocycles. The molecule has 20 heavy (non-hydrogen) atoms. The van der Waals surface area contributed by atoms with Gasteiger partial charge in [-0.1, -0.05) is 0 Å². The van der Waals surface area contributed by atoms with E-state index < -0.39 is 0 Å². The number of methoxy groups -OCH3 is 1. The lowest BCUT2D eigenvalue weighted by Gasteiger charge is -2.03. The molecule has 0 radical (unpaired) electrons. The molecule has 0 fully saturated rings. The molecule has 0 unspecified atom stereocenters. The fourth-order valence-electron chi connectivity index (χ4n) is 1.71. The van der Waals surface area contributed by atoms with Gasteiger partial charge < -0.3 is 14.9 Å². The molecule has 2 N–H and O–H groups in total. The highest BCUT2D eigenvalue weighted by molar-refractivity contribution is 9.10. The molecule has 0 spiro atoms. The van der Waals surface area contributed by atoms with Gasteiger partial charge in [0, 0.05) is 15.1 Å². The number of rotatable bonds is 4. The minimum Gasteiger partial charge on any atom is -0.465 e. The second-order valence-electron chi connectivity index (χ2n) is 4.15. The van der Waals surface area contributed by atoms with Crippen LogP contribution in [0.4, 0.5) is 5.69 Å². The van der Waals surface area contributed by atoms with Gasteiger partial charge in [0.15, 0.2) is 0 Å². The molecule has 0 atom stereocenters. The van der Waals surface area contributed by atoms with E-state index in [9.17, 15) is 4.79 Å². The van der Waals surface area contributed by atoms with Gasteiger partial charge in [-0.15, -0.1) is 11.8 Å². The van der Waals surface area contributed by atoms with Gasteiger partial charge in [-0.3, -0.25) is 0 Å². The third-order valence-electron chi connectivity index (χ3n) is 2.70. The van der Waals surface area contributed by atoms with Crippen LogP contribution in [-0.2, 0) is 10.5 Å². The standard InChI is InChI=1S/C14H14BrNO3S/c1-8-11(14(17)18-2)6-10(19-8)7-20-13-4-3-9(16)5-12(13)15/h3-6H,7,16H2,1-2H3. The number of hydrogen-bond acceptors (Lipinski definition) is 5. The van der Waals surface area contributed by atoms with E-state index in [1.807, 2.05) is 18.2 Å². The lowest BCUT2D eigenvalue weighted by molar-refractivity contribution is 0.0599. The van der Waals surface area contributed by atoms with Crippen LogP contribution in [-0.4, -0.2) is 13.1 Å². The summed E-state index contributed by atoms with van der Waals surface area (Å²) in [4.78, 5) is 12.6. The Morgan fingerprint density at radius 2 is 2.20 bits per heavy atom. The summed E-state index contributed by atoms with van der Waals surface area (Å²) < 4.78 is 11.2. The van der Waals surface area contributed by atoms with Crippen LogP contribution in [0, 0.1) is 6.92 Å². The molecule has 0 aliphatic carbocycles. The lowest BCUT2D eigenvalue weighted by atomic mass is 10.2. The molecule has 1 heterocycles. The second kappa shape index (κ2) is 6.37. The Labute approximate surface area is 129 Å². The smallest absolute Gasteiger partial charge is 0.341 e. The van der Waals surface area contributed by atoms with Crippen molar-refractivity contribution in [2.75, 3.05) is 12.8 Å². The summed E-state index contributed by atoms with van der Waals surface area (Å²) in [5.74, 6) is 1.55. The van der Waals surface area contributed by atoms with Crippen molar-refractivity contribution in [3.8, 4) is 0 Å². The minimum absolute atomic E-state index is 0.379. The monoisotopic (exact) mass is 355 g/mol. The van der Waals surface area contributed by atoms with Crippen LogP contribution in [0.15, 0.2) is 38.1 Å². The van der Waals surface area contributed by atoms with Crippen molar-refractivity contribution in [2.24, 2.45) is 0 Å². The van der Waals surface area contributed by atoms with E-state index in [2.05, 4.69) is 15.9 Å². The van der Waals surface area contributed by atoms with Gasteiger partial charge in [0.2, 0.25) is 0 Å². The maximum Gasteiger partial charge on any atom is 0.341 e. The number of esters is 1. The Bertz CT molecular complexity index is 639. The molecule has 2 rings (SSSR count). The van der Waals surface area contributed by atoms with Crippen molar-refractivity contribution in [3.63, 3.8) is 0 Å². The quantitative estimate of drug-likeness (QED) is 0.509. The first-order valence-electron chi connectivity index (χ1n) is 5.86. The Morgan fingerprint density at radius 1 is 1.45 bits per heavy atom. The molecule has 1 aromatic heterocycles. The van der Waals surface area contributed by atoms with E-state index in [0.29, 0.717) is 22.8 Å². The third-order valence-corrected chi connectivity index (χ3v) is 4.71. The number of anilines is 1. The van der Waals surface area contributed by atoms with E-state index in [1.54, 1.807) is 24.8 Å². The molecule has 2 aromatic rings. The number of nitrogen functional groups attached to an aromatic ring is 1. The highest BCUT2D eigenvalue weighted by atomic mass is 79.9. The third kappa shape index (κ3) is 3.37. The summed E-state index contributed by atoms with van der Waals surface area (Å²) in [6.07, 6.45) is 0. The van der Waals surface area contributed by atoms with E-state index >= 15 is 0 Å². The maximum absolute atomic E-state index is 11.5. The highest BCUT2D eigenvalue weighted by Gasteiger charge is 2.15. The summed E-state index contributed by atoms with van der Waals surface area (Å²) in [6, 6.07) is 7.37. The summed E-state index contributed by atoms with van der Waals surface area (Å²) in [6.45, 7) is 1.75. The number of ether oxygens (including phenoxy) is 1. The van der Waals surface area contributed by atoms with Crippen molar-refractivity contribution in [2.45, 2.75) is 17.6 Å². The number of furan rings is 1. The van der Waals surface area contributed by atoms with Crippen molar-refractivity contribution in [1.82, 2.24) is 0 Å². The van der Waals surface area contributed by atoms with Gasteiger partial charge in [-0.25, -0.2) is 4.79 Å². The summed E-state index contributed by atoms with van der Waals surface area (Å²) >= 11 is 5.07. The number of carbonyl (C=O) groups is 1. The average Bonchev–Trinajstić information content (AvgIpc) is 2.78. The maximum atomic E-state index is 11.5. The largest absolute Gasteiger partial charge is 0.465 e. The Morgan fingerprint density at radius 3 is 2.85 bits per heavy atom. The van der Waals surface area contributed by atoms with Crippen LogP contribution in [0.3, 0.4) is 0 Å². The van der Waals surface area contributed by atoms with Gasteiger partial charge in [0.25, 0.3) is 0 Å². The molecule has 0 bridgehead atoms. The molecule has 4 nitrogen and oxygen atoms in total. The molecule has 6 heteroatoms. The predicted molar refractivity (Wildman–Crippen MR) is 82.9 cm³/mol. The Kier molecular flexibility index (Phi) is 4.77. The molecule has 0 aliphatic heterocycles. The van der Waals surface area contributed by atoms with Crippen LogP contribution in [0.25, 0.3) is 0 Å². The van der Waals surface area contributed by atoms with Crippen LogP contribution >= 0.6 is 27.7 Å². The minimum atomic E-state index is -0.379. The molecule has 0 saturated heterocycles. The summed E-state index contributed by atoms with van der Waals surface area (Å²) in [7, 11) is 1.36. The van der Waals surface area contributed by atoms with Crippen molar-refractivity contribution >= 4 is 39.3 Å². The number of aryl methyl sites for hydroxylation is 1. The molecule has 1 aromatic carbocycles. The van der Waals surface area contributed by atoms with Gasteiger partial charge in [-0.2, -0.15) is 0 Å². The first kappa shape index (κ1) is 15.0. The van der Waals surface area contributed by atoms with Gasteiger partial charge in [-0.05, 0) is 47.1 Å². The van der Waals surface area contributed by atoms with E-state index in [-0.39, 0.29) is 5.97 Å². The highest BCUT2D eigenvalue weighted by Crippen LogP contribution is 2.32. The number of halogens is 1. The van der Waals surface area contributed by atoms with Crippen molar-refractivity contribution in [1.29, 1.82) is 0 Å². The summed E-state index contributed by atoms with van der Waals surface area (Å²) in [5.41, 5.74) is 6.88. The first-order chi connectivity index (χ1) is 9.51. The number of hydrogen-bond donors (Lipinski definition) is 1. The predicted octanol–water partition coefficient (Wildman–Crippen LogP) is 4.01. The van der Waals surface area contributed by atoms with Crippen LogP contribution in [0.2, 0.25) is 0 Å². The van der Waals surface area contributed by atoms with Gasteiger partial charge in [0.05, 0.1) is 12.9 Å². The van der Waals surface area contributed by atoms with Crippen LogP contribution < -0.4 is 5.73 Å². The fourth-order valence-corrected chi connectivity index (χ4v) is 3.25. The summed E-state index contributed by atoms with van der Waals surface area (Å²) in [5, 5.41) is 0. The fraction of sp³-hybridized carbons (Fsp3) is 0.214. The van der Waals surface area contributed by atoms with Crippen molar-refractivity contribution in [3.05, 3.63) is 45.8 Å². The van der Waals surface area contributed by atoms with Gasteiger partial charge >= 0.3 is 5.97 Å². The van der Waals surface area contributed by atoms with E-state index in [4.69, 9.17) is 14.9 Å². The van der Waals surface area contributed by atoms with Crippen LogP contribution in [0.5, 0.6) is 0 Å². The number of benzene rings is 1. The zero-order valence-electron chi connectivity index (χ0n) is 11.1. The van der Waals surface area contributed by atoms with E-state index in [0.717, 1.165) is 15.1 Å². The van der Waals surface area contributed by atoms with Crippen molar-refractivity contribution < 1.29 is 13.9 Å². The molecular formula is C14H14BrNO3S. The number of nitrogens with two attached hydrogens (primary N) is 1.